The van der Waals surface area contributed by atoms with E-state index in [1.807, 2.05) is 12.3 Å². The molecule has 1 N–H and O–H groups in total. The fourth-order valence-corrected chi connectivity index (χ4v) is 2.45. The lowest BCUT2D eigenvalue weighted by Gasteiger charge is -2.06. The fraction of sp³-hybridized carbons (Fsp3) is 0.417. The first-order valence-electron chi connectivity index (χ1n) is 5.85. The standard InChI is InChI=1S/C12H15ClN4S/c1-3-4-10-16-9(13)5-11(17-10)14-6-12-15-8(2)7-18-12/h5,7H,3-4,6H2,1-2H3,(H,14,16,17). The van der Waals surface area contributed by atoms with Crippen molar-refractivity contribution in [1.29, 1.82) is 0 Å². The van der Waals surface area contributed by atoms with Crippen LogP contribution in [-0.2, 0) is 13.0 Å². The van der Waals surface area contributed by atoms with Gasteiger partial charge < -0.3 is 5.32 Å². The van der Waals surface area contributed by atoms with Crippen molar-refractivity contribution in [2.45, 2.75) is 33.2 Å². The lowest BCUT2D eigenvalue weighted by Crippen LogP contribution is -2.04. The normalized spacial score (nSPS) is 10.6. The van der Waals surface area contributed by atoms with Crippen LogP contribution in [0, 0.1) is 6.92 Å². The van der Waals surface area contributed by atoms with Crippen LogP contribution in [0.2, 0.25) is 5.15 Å². The molecule has 0 aromatic carbocycles. The molecular weight excluding hydrogens is 268 g/mol. The van der Waals surface area contributed by atoms with Crippen molar-refractivity contribution >= 4 is 28.8 Å². The van der Waals surface area contributed by atoms with E-state index in [4.69, 9.17) is 11.6 Å². The molecule has 0 aliphatic carbocycles. The van der Waals surface area contributed by atoms with E-state index < -0.39 is 0 Å². The molecule has 2 heterocycles. The first kappa shape index (κ1) is 13.2. The molecule has 2 aromatic heterocycles. The van der Waals surface area contributed by atoms with Crippen molar-refractivity contribution < 1.29 is 0 Å². The van der Waals surface area contributed by atoms with Crippen molar-refractivity contribution in [1.82, 2.24) is 15.0 Å². The Balaban J connectivity index is 2.04. The van der Waals surface area contributed by atoms with E-state index in [9.17, 15) is 0 Å². The number of aromatic nitrogens is 3. The van der Waals surface area contributed by atoms with Crippen molar-refractivity contribution in [3.63, 3.8) is 0 Å². The van der Waals surface area contributed by atoms with Gasteiger partial charge in [-0.25, -0.2) is 15.0 Å². The maximum atomic E-state index is 5.97. The quantitative estimate of drug-likeness (QED) is 0.853. The lowest BCUT2D eigenvalue weighted by atomic mass is 10.3. The predicted octanol–water partition coefficient (Wildman–Crippen LogP) is 3.46. The molecule has 0 atom stereocenters. The molecule has 0 fully saturated rings. The number of nitrogens with one attached hydrogen (secondary N) is 1. The van der Waals surface area contributed by atoms with Gasteiger partial charge in [0.1, 0.15) is 21.8 Å². The summed E-state index contributed by atoms with van der Waals surface area (Å²) in [4.78, 5) is 13.0. The van der Waals surface area contributed by atoms with E-state index in [-0.39, 0.29) is 0 Å². The first-order chi connectivity index (χ1) is 8.67. The number of hydrogen-bond donors (Lipinski definition) is 1. The van der Waals surface area contributed by atoms with Crippen molar-refractivity contribution in [2.24, 2.45) is 0 Å². The van der Waals surface area contributed by atoms with Crippen LogP contribution in [0.4, 0.5) is 5.82 Å². The van der Waals surface area contributed by atoms with Crippen LogP contribution < -0.4 is 5.32 Å². The molecule has 0 spiro atoms. The first-order valence-corrected chi connectivity index (χ1v) is 7.11. The average molecular weight is 283 g/mol. The lowest BCUT2D eigenvalue weighted by molar-refractivity contribution is 0.833. The Morgan fingerprint density at radius 3 is 2.83 bits per heavy atom. The van der Waals surface area contributed by atoms with E-state index in [1.54, 1.807) is 17.4 Å². The summed E-state index contributed by atoms with van der Waals surface area (Å²) in [6, 6.07) is 1.74. The van der Waals surface area contributed by atoms with Gasteiger partial charge in [0.25, 0.3) is 0 Å². The van der Waals surface area contributed by atoms with Crippen LogP contribution in [-0.4, -0.2) is 15.0 Å². The van der Waals surface area contributed by atoms with Gasteiger partial charge in [0.2, 0.25) is 0 Å². The zero-order valence-electron chi connectivity index (χ0n) is 10.4. The monoisotopic (exact) mass is 282 g/mol. The van der Waals surface area contributed by atoms with E-state index >= 15 is 0 Å². The minimum Gasteiger partial charge on any atom is -0.363 e. The van der Waals surface area contributed by atoms with Crippen LogP contribution in [0.3, 0.4) is 0 Å². The largest absolute Gasteiger partial charge is 0.363 e. The van der Waals surface area contributed by atoms with Crippen LogP contribution >= 0.6 is 22.9 Å². The topological polar surface area (TPSA) is 50.7 Å². The highest BCUT2D eigenvalue weighted by molar-refractivity contribution is 7.09. The zero-order chi connectivity index (χ0) is 13.0. The number of rotatable bonds is 5. The molecule has 0 unspecified atom stereocenters. The highest BCUT2D eigenvalue weighted by atomic mass is 35.5. The molecule has 2 rings (SSSR count). The summed E-state index contributed by atoms with van der Waals surface area (Å²) in [5.74, 6) is 1.54. The molecule has 2 aromatic rings. The van der Waals surface area contributed by atoms with Gasteiger partial charge in [0, 0.05) is 23.6 Å². The fourth-order valence-electron chi connectivity index (χ4n) is 1.54. The number of thiazole rings is 1. The van der Waals surface area contributed by atoms with Crippen molar-refractivity contribution in [3.05, 3.63) is 33.1 Å². The summed E-state index contributed by atoms with van der Waals surface area (Å²) < 4.78 is 0. The average Bonchev–Trinajstić information content (AvgIpc) is 2.72. The maximum Gasteiger partial charge on any atom is 0.134 e. The highest BCUT2D eigenvalue weighted by Gasteiger charge is 2.04. The maximum absolute atomic E-state index is 5.97. The summed E-state index contributed by atoms with van der Waals surface area (Å²) in [6.45, 7) is 4.74. The minimum atomic E-state index is 0.478. The number of aryl methyl sites for hydroxylation is 2. The van der Waals surface area contributed by atoms with Crippen LogP contribution in [0.1, 0.15) is 29.9 Å². The molecule has 0 aliphatic rings. The second kappa shape index (κ2) is 6.11. The molecule has 0 aliphatic heterocycles. The Bertz CT molecular complexity index is 527. The van der Waals surface area contributed by atoms with E-state index in [1.165, 1.54) is 0 Å². The summed E-state index contributed by atoms with van der Waals surface area (Å²) in [7, 11) is 0. The van der Waals surface area contributed by atoms with Crippen molar-refractivity contribution in [3.8, 4) is 0 Å². The van der Waals surface area contributed by atoms with Gasteiger partial charge in [0.05, 0.1) is 6.54 Å². The second-order valence-electron chi connectivity index (χ2n) is 3.98. The Labute approximate surface area is 115 Å². The molecule has 4 nitrogen and oxygen atoms in total. The number of nitrogens with zero attached hydrogens (tertiary/aromatic N) is 3. The summed E-state index contributed by atoms with van der Waals surface area (Å²) in [5.41, 5.74) is 1.05. The predicted molar refractivity (Wildman–Crippen MR) is 75.2 cm³/mol. The molecule has 6 heteroatoms. The summed E-state index contributed by atoms with van der Waals surface area (Å²) in [5, 5.41) is 6.78. The number of hydrogen-bond acceptors (Lipinski definition) is 5. The van der Waals surface area contributed by atoms with Crippen LogP contribution in [0.5, 0.6) is 0 Å². The zero-order valence-corrected chi connectivity index (χ0v) is 12.0. The second-order valence-corrected chi connectivity index (χ2v) is 5.31. The van der Waals surface area contributed by atoms with Crippen LogP contribution in [0.25, 0.3) is 0 Å². The summed E-state index contributed by atoms with van der Waals surface area (Å²) >= 11 is 7.60. The molecule has 96 valence electrons. The Hall–Kier alpha value is -1.20. The number of halogens is 1. The van der Waals surface area contributed by atoms with E-state index in [0.29, 0.717) is 11.7 Å². The Morgan fingerprint density at radius 1 is 1.33 bits per heavy atom. The van der Waals surface area contributed by atoms with Gasteiger partial charge >= 0.3 is 0 Å². The number of anilines is 1. The molecule has 0 saturated carbocycles. The minimum absolute atomic E-state index is 0.478. The van der Waals surface area contributed by atoms with E-state index in [0.717, 1.165) is 35.2 Å². The van der Waals surface area contributed by atoms with E-state index in [2.05, 4.69) is 27.2 Å². The molecule has 0 saturated heterocycles. The third kappa shape index (κ3) is 3.65. The van der Waals surface area contributed by atoms with Gasteiger partial charge in [-0.2, -0.15) is 0 Å². The Kier molecular flexibility index (Phi) is 4.49. The molecular formula is C12H15ClN4S. The Morgan fingerprint density at radius 2 is 2.17 bits per heavy atom. The van der Waals surface area contributed by atoms with Gasteiger partial charge in [-0.1, -0.05) is 18.5 Å². The van der Waals surface area contributed by atoms with Gasteiger partial charge in [-0.15, -0.1) is 11.3 Å². The highest BCUT2D eigenvalue weighted by Crippen LogP contribution is 2.15. The van der Waals surface area contributed by atoms with Gasteiger partial charge in [-0.3, -0.25) is 0 Å². The molecule has 18 heavy (non-hydrogen) atoms. The molecule has 0 radical (unpaired) electrons. The molecule has 0 amide bonds. The van der Waals surface area contributed by atoms with Crippen molar-refractivity contribution in [2.75, 3.05) is 5.32 Å². The van der Waals surface area contributed by atoms with Gasteiger partial charge in [-0.05, 0) is 13.3 Å². The van der Waals surface area contributed by atoms with Gasteiger partial charge in [0.15, 0.2) is 0 Å². The third-order valence-electron chi connectivity index (χ3n) is 2.30. The smallest absolute Gasteiger partial charge is 0.134 e. The summed E-state index contributed by atoms with van der Waals surface area (Å²) in [6.07, 6.45) is 1.84. The van der Waals surface area contributed by atoms with Crippen LogP contribution in [0.15, 0.2) is 11.4 Å². The third-order valence-corrected chi connectivity index (χ3v) is 3.46. The SMILES string of the molecule is CCCc1nc(Cl)cc(NCc2nc(C)cs2)n1. The molecule has 0 bridgehead atoms.